The van der Waals surface area contributed by atoms with Crippen molar-refractivity contribution >= 4 is 33.6 Å². The molecular weight excluding hydrogens is 388 g/mol. The summed E-state index contributed by atoms with van der Waals surface area (Å²) in [5.41, 5.74) is 1.69. The lowest BCUT2D eigenvalue weighted by Crippen LogP contribution is -2.30. The lowest BCUT2D eigenvalue weighted by Gasteiger charge is -2.19. The van der Waals surface area contributed by atoms with Crippen molar-refractivity contribution in [2.45, 2.75) is 11.4 Å². The van der Waals surface area contributed by atoms with Gasteiger partial charge in [-0.15, -0.1) is 0 Å². The predicted molar refractivity (Wildman–Crippen MR) is 104 cm³/mol. The summed E-state index contributed by atoms with van der Waals surface area (Å²) in [6.45, 7) is 0.222. The van der Waals surface area contributed by atoms with E-state index in [1.54, 1.807) is 42.5 Å². The van der Waals surface area contributed by atoms with E-state index < -0.39 is 10.0 Å². The molecule has 0 bridgehead atoms. The van der Waals surface area contributed by atoms with Gasteiger partial charge in [-0.25, -0.2) is 12.7 Å². The molecule has 0 spiro atoms. The minimum Gasteiger partial charge on any atom is -0.488 e. The molecule has 0 saturated heterocycles. The van der Waals surface area contributed by atoms with Gasteiger partial charge in [-0.1, -0.05) is 29.8 Å². The molecule has 0 aromatic heterocycles. The van der Waals surface area contributed by atoms with Crippen LogP contribution < -0.4 is 10.1 Å². The molecule has 1 aliphatic rings. The first-order valence-electron chi connectivity index (χ1n) is 8.20. The standard InChI is InChI=1S/C19H19ClN2O4S/c1-22(2)27(24,25)18-6-4-3-5-13(18)11-21-19(23)15-9-14-10-16(20)7-8-17(14)26-12-15/h3-10H,11-12H2,1-2H3,(H,21,23). The number of carbonyl (C=O) groups is 1. The van der Waals surface area contributed by atoms with Gasteiger partial charge in [0.2, 0.25) is 10.0 Å². The van der Waals surface area contributed by atoms with Gasteiger partial charge in [0.15, 0.2) is 0 Å². The van der Waals surface area contributed by atoms with E-state index in [1.165, 1.54) is 20.2 Å². The Kier molecular flexibility index (Phi) is 5.55. The molecule has 142 valence electrons. The van der Waals surface area contributed by atoms with Crippen LogP contribution in [0.2, 0.25) is 5.02 Å². The Balaban J connectivity index is 1.78. The third kappa shape index (κ3) is 4.16. The van der Waals surface area contributed by atoms with Gasteiger partial charge in [0.05, 0.1) is 10.5 Å². The van der Waals surface area contributed by atoms with Crippen LogP contribution in [0.3, 0.4) is 0 Å². The van der Waals surface area contributed by atoms with E-state index in [9.17, 15) is 13.2 Å². The summed E-state index contributed by atoms with van der Waals surface area (Å²) in [5.74, 6) is 0.344. The molecule has 6 nitrogen and oxygen atoms in total. The molecule has 1 N–H and O–H groups in total. The largest absolute Gasteiger partial charge is 0.488 e. The number of hydrogen-bond donors (Lipinski definition) is 1. The summed E-state index contributed by atoms with van der Waals surface area (Å²) < 4.78 is 31.6. The topological polar surface area (TPSA) is 75.7 Å². The van der Waals surface area contributed by atoms with Crippen LogP contribution in [0.25, 0.3) is 6.08 Å². The number of nitrogens with one attached hydrogen (secondary N) is 1. The maximum Gasteiger partial charge on any atom is 0.250 e. The molecule has 2 aromatic rings. The zero-order valence-electron chi connectivity index (χ0n) is 14.9. The molecule has 27 heavy (non-hydrogen) atoms. The van der Waals surface area contributed by atoms with Crippen molar-refractivity contribution in [3.63, 3.8) is 0 Å². The highest BCUT2D eigenvalue weighted by molar-refractivity contribution is 7.89. The number of nitrogens with zero attached hydrogens (tertiary/aromatic N) is 1. The first-order valence-corrected chi connectivity index (χ1v) is 10.0. The van der Waals surface area contributed by atoms with E-state index in [0.717, 1.165) is 9.87 Å². The molecular formula is C19H19ClN2O4S. The molecule has 2 aromatic carbocycles. The summed E-state index contributed by atoms with van der Waals surface area (Å²) in [4.78, 5) is 12.7. The SMILES string of the molecule is CN(C)S(=O)(=O)c1ccccc1CNC(=O)C1=Cc2cc(Cl)ccc2OC1. The smallest absolute Gasteiger partial charge is 0.250 e. The summed E-state index contributed by atoms with van der Waals surface area (Å²) in [6, 6.07) is 11.8. The third-order valence-electron chi connectivity index (χ3n) is 4.15. The highest BCUT2D eigenvalue weighted by Crippen LogP contribution is 2.29. The Morgan fingerprint density at radius 1 is 1.22 bits per heavy atom. The highest BCUT2D eigenvalue weighted by Gasteiger charge is 2.22. The normalized spacial score (nSPS) is 13.6. The molecule has 0 fully saturated rings. The number of halogens is 1. The number of benzene rings is 2. The predicted octanol–water partition coefficient (Wildman–Crippen LogP) is 2.68. The van der Waals surface area contributed by atoms with Crippen molar-refractivity contribution in [3.05, 3.63) is 64.2 Å². The Hall–Kier alpha value is -2.35. The molecule has 1 aliphatic heterocycles. The van der Waals surface area contributed by atoms with Gasteiger partial charge in [-0.3, -0.25) is 4.79 Å². The van der Waals surface area contributed by atoms with Crippen LogP contribution in [-0.4, -0.2) is 39.3 Å². The fourth-order valence-corrected chi connectivity index (χ4v) is 3.96. The third-order valence-corrected chi connectivity index (χ3v) is 6.30. The van der Waals surface area contributed by atoms with E-state index in [2.05, 4.69) is 5.32 Å². The molecule has 0 atom stereocenters. The van der Waals surface area contributed by atoms with Gasteiger partial charge >= 0.3 is 0 Å². The molecule has 0 aliphatic carbocycles. The van der Waals surface area contributed by atoms with Gasteiger partial charge in [-0.2, -0.15) is 0 Å². The average Bonchev–Trinajstić information content (AvgIpc) is 2.65. The van der Waals surface area contributed by atoms with Crippen molar-refractivity contribution in [2.24, 2.45) is 0 Å². The van der Waals surface area contributed by atoms with Crippen LogP contribution >= 0.6 is 11.6 Å². The molecule has 0 radical (unpaired) electrons. The zero-order valence-corrected chi connectivity index (χ0v) is 16.5. The minimum atomic E-state index is -3.60. The zero-order chi connectivity index (χ0) is 19.6. The van der Waals surface area contributed by atoms with E-state index in [0.29, 0.717) is 21.9 Å². The first kappa shape index (κ1) is 19.4. The van der Waals surface area contributed by atoms with E-state index in [1.807, 2.05) is 0 Å². The average molecular weight is 407 g/mol. The second kappa shape index (κ2) is 7.72. The fraction of sp³-hybridized carbons (Fsp3) is 0.211. The van der Waals surface area contributed by atoms with Crippen LogP contribution in [0, 0.1) is 0 Å². The number of rotatable bonds is 5. The summed E-state index contributed by atoms with van der Waals surface area (Å²) in [7, 11) is -0.658. The Morgan fingerprint density at radius 2 is 1.96 bits per heavy atom. The van der Waals surface area contributed by atoms with Crippen LogP contribution in [0.5, 0.6) is 5.75 Å². The van der Waals surface area contributed by atoms with Gasteiger partial charge in [0, 0.05) is 31.2 Å². The molecule has 1 heterocycles. The van der Waals surface area contributed by atoms with Crippen molar-refractivity contribution in [1.82, 2.24) is 9.62 Å². The second-order valence-corrected chi connectivity index (χ2v) is 8.77. The highest BCUT2D eigenvalue weighted by atomic mass is 35.5. The lowest BCUT2D eigenvalue weighted by molar-refractivity contribution is -0.117. The van der Waals surface area contributed by atoms with Crippen LogP contribution in [0.4, 0.5) is 0 Å². The number of ether oxygens (including phenoxy) is 1. The number of sulfonamides is 1. The lowest BCUT2D eigenvalue weighted by atomic mass is 10.1. The molecule has 1 amide bonds. The quantitative estimate of drug-likeness (QED) is 0.828. The molecule has 0 saturated carbocycles. The van der Waals surface area contributed by atoms with Crippen LogP contribution in [0.15, 0.2) is 52.9 Å². The maximum absolute atomic E-state index is 12.5. The molecule has 8 heteroatoms. The number of fused-ring (bicyclic) bond motifs is 1. The van der Waals surface area contributed by atoms with Gasteiger partial charge in [-0.05, 0) is 35.9 Å². The van der Waals surface area contributed by atoms with Gasteiger partial charge in [0.25, 0.3) is 5.91 Å². The van der Waals surface area contributed by atoms with Gasteiger partial charge < -0.3 is 10.1 Å². The van der Waals surface area contributed by atoms with Crippen molar-refractivity contribution in [1.29, 1.82) is 0 Å². The maximum atomic E-state index is 12.5. The van der Waals surface area contributed by atoms with E-state index in [-0.39, 0.29) is 24.0 Å². The Morgan fingerprint density at radius 3 is 2.70 bits per heavy atom. The minimum absolute atomic E-state index is 0.0851. The number of hydrogen-bond acceptors (Lipinski definition) is 4. The molecule has 0 unspecified atom stereocenters. The first-order chi connectivity index (χ1) is 12.8. The van der Waals surface area contributed by atoms with E-state index in [4.69, 9.17) is 16.3 Å². The van der Waals surface area contributed by atoms with Gasteiger partial charge in [0.1, 0.15) is 12.4 Å². The van der Waals surface area contributed by atoms with Crippen molar-refractivity contribution in [3.8, 4) is 5.75 Å². The van der Waals surface area contributed by atoms with Crippen LogP contribution in [-0.2, 0) is 21.4 Å². The molecule has 3 rings (SSSR count). The van der Waals surface area contributed by atoms with Crippen molar-refractivity contribution in [2.75, 3.05) is 20.7 Å². The van der Waals surface area contributed by atoms with E-state index >= 15 is 0 Å². The number of carbonyl (C=O) groups excluding carboxylic acids is 1. The number of amides is 1. The Labute approximate surface area is 163 Å². The van der Waals surface area contributed by atoms with Crippen molar-refractivity contribution < 1.29 is 17.9 Å². The second-order valence-electron chi connectivity index (χ2n) is 6.22. The monoisotopic (exact) mass is 406 g/mol. The summed E-state index contributed by atoms with van der Waals surface area (Å²) in [6.07, 6.45) is 1.72. The fourth-order valence-electron chi connectivity index (χ4n) is 2.67. The van der Waals surface area contributed by atoms with Crippen LogP contribution in [0.1, 0.15) is 11.1 Å². The Bertz CT molecular complexity index is 1020. The summed E-state index contributed by atoms with van der Waals surface area (Å²) in [5, 5.41) is 3.32. The summed E-state index contributed by atoms with van der Waals surface area (Å²) >= 11 is 5.98.